The zero-order valence-electron chi connectivity index (χ0n) is 12.0. The molecule has 0 aliphatic heterocycles. The maximum atomic E-state index is 3.60. The van der Waals surface area contributed by atoms with Crippen LogP contribution in [0.25, 0.3) is 0 Å². The van der Waals surface area contributed by atoms with Crippen LogP contribution in [0.2, 0.25) is 0 Å². The van der Waals surface area contributed by atoms with Gasteiger partial charge in [-0.15, -0.1) is 0 Å². The van der Waals surface area contributed by atoms with Crippen LogP contribution in [0.1, 0.15) is 19.3 Å². The number of hydrogen-bond donors (Lipinski definition) is 0. The predicted molar refractivity (Wildman–Crippen MR) is 106 cm³/mol. The summed E-state index contributed by atoms with van der Waals surface area (Å²) >= 11 is 10.7. The summed E-state index contributed by atoms with van der Waals surface area (Å²) in [5, 5.41) is 0. The molecule has 114 valence electrons. The van der Waals surface area contributed by atoms with E-state index in [1.165, 1.54) is 20.3 Å². The minimum atomic E-state index is 0.360. The first-order valence-corrected chi connectivity index (χ1v) is 9.65. The zero-order valence-corrected chi connectivity index (χ0v) is 16.7. The van der Waals surface area contributed by atoms with Crippen LogP contribution in [0.15, 0.2) is 73.8 Å². The average molecular weight is 486 g/mol. The lowest BCUT2D eigenvalue weighted by Gasteiger charge is -2.35. The fourth-order valence-electron chi connectivity index (χ4n) is 2.75. The van der Waals surface area contributed by atoms with Gasteiger partial charge in [-0.05, 0) is 54.1 Å². The summed E-state index contributed by atoms with van der Waals surface area (Å²) in [5.74, 6) is 0. The Labute approximate surface area is 156 Å². The molecule has 3 rings (SSSR count). The van der Waals surface area contributed by atoms with Gasteiger partial charge in [0.2, 0.25) is 0 Å². The number of halogens is 3. The van der Waals surface area contributed by atoms with E-state index < -0.39 is 0 Å². The third-order valence-corrected chi connectivity index (χ3v) is 5.63. The quantitative estimate of drug-likeness (QED) is 0.454. The van der Waals surface area contributed by atoms with Gasteiger partial charge in [-0.1, -0.05) is 72.1 Å². The summed E-state index contributed by atoms with van der Waals surface area (Å²) in [6.07, 6.45) is 14.2. The summed E-state index contributed by atoms with van der Waals surface area (Å²) in [6, 6.07) is 8.93. The third kappa shape index (κ3) is 3.84. The minimum absolute atomic E-state index is 0.360. The topological polar surface area (TPSA) is 3.24 Å². The molecular weight excluding hydrogens is 470 g/mol. The number of anilines is 1. The van der Waals surface area contributed by atoms with Crippen LogP contribution in [-0.4, -0.2) is 6.04 Å². The monoisotopic (exact) mass is 483 g/mol. The minimum Gasteiger partial charge on any atom is -0.338 e. The highest BCUT2D eigenvalue weighted by atomic mass is 79.9. The molecule has 0 bridgehead atoms. The van der Waals surface area contributed by atoms with Gasteiger partial charge < -0.3 is 4.90 Å². The summed E-state index contributed by atoms with van der Waals surface area (Å²) in [4.78, 5) is 2.45. The Morgan fingerprint density at radius 1 is 0.955 bits per heavy atom. The Morgan fingerprint density at radius 2 is 1.73 bits per heavy atom. The normalized spacial score (nSPS) is 21.0. The average Bonchev–Trinajstić information content (AvgIpc) is 2.53. The Bertz CT molecular complexity index is 668. The molecule has 1 nitrogen and oxygen atoms in total. The molecule has 0 fully saturated rings. The Balaban J connectivity index is 1.96. The Morgan fingerprint density at radius 3 is 2.32 bits per heavy atom. The standard InChI is InChI=1S/C18H16Br3N/c19-13-1-7-16(8-2-13)22(17-9-3-14(20)4-10-17)18-11-5-15(21)6-12-18/h1-5,7-9,11,17H,6,10,12H2. The van der Waals surface area contributed by atoms with Gasteiger partial charge in [-0.3, -0.25) is 0 Å². The van der Waals surface area contributed by atoms with Crippen LogP contribution in [0, 0.1) is 0 Å². The van der Waals surface area contributed by atoms with E-state index in [0.717, 1.165) is 23.7 Å². The second-order valence-electron chi connectivity index (χ2n) is 5.37. The lowest BCUT2D eigenvalue weighted by Crippen LogP contribution is -2.34. The van der Waals surface area contributed by atoms with Crippen molar-refractivity contribution in [3.63, 3.8) is 0 Å². The predicted octanol–water partition coefficient (Wildman–Crippen LogP) is 6.82. The van der Waals surface area contributed by atoms with Gasteiger partial charge >= 0.3 is 0 Å². The molecule has 0 amide bonds. The van der Waals surface area contributed by atoms with Gasteiger partial charge in [0.1, 0.15) is 0 Å². The van der Waals surface area contributed by atoms with Crippen LogP contribution in [0.3, 0.4) is 0 Å². The van der Waals surface area contributed by atoms with Crippen molar-refractivity contribution in [2.24, 2.45) is 0 Å². The lowest BCUT2D eigenvalue weighted by atomic mass is 10.0. The van der Waals surface area contributed by atoms with Crippen molar-refractivity contribution < 1.29 is 0 Å². The van der Waals surface area contributed by atoms with E-state index in [2.05, 4.69) is 107 Å². The molecule has 0 saturated carbocycles. The van der Waals surface area contributed by atoms with Gasteiger partial charge in [0.15, 0.2) is 0 Å². The number of benzene rings is 1. The molecule has 1 aromatic rings. The Kier molecular flexibility index (Phi) is 5.42. The second-order valence-corrected chi connectivity index (χ2v) is 8.22. The third-order valence-electron chi connectivity index (χ3n) is 3.85. The summed E-state index contributed by atoms with van der Waals surface area (Å²) in [6.45, 7) is 0. The SMILES string of the molecule is BrC1=CCC(N(C2=CC=C(Br)CC2)c2ccc(Br)cc2)C=C1. The van der Waals surface area contributed by atoms with E-state index in [4.69, 9.17) is 0 Å². The summed E-state index contributed by atoms with van der Waals surface area (Å²) in [5.41, 5.74) is 2.61. The van der Waals surface area contributed by atoms with Crippen molar-refractivity contribution in [2.75, 3.05) is 4.90 Å². The summed E-state index contributed by atoms with van der Waals surface area (Å²) in [7, 11) is 0. The van der Waals surface area contributed by atoms with Gasteiger partial charge in [0.05, 0.1) is 6.04 Å². The van der Waals surface area contributed by atoms with E-state index in [1.807, 2.05) is 0 Å². The first-order valence-electron chi connectivity index (χ1n) is 7.27. The summed E-state index contributed by atoms with van der Waals surface area (Å²) < 4.78 is 3.55. The van der Waals surface area contributed by atoms with E-state index in [0.29, 0.717) is 6.04 Å². The van der Waals surface area contributed by atoms with Gasteiger partial charge in [-0.2, -0.15) is 0 Å². The number of allylic oxidation sites excluding steroid dienone is 6. The number of hydrogen-bond acceptors (Lipinski definition) is 1. The fourth-order valence-corrected chi connectivity index (χ4v) is 3.68. The van der Waals surface area contributed by atoms with Crippen LogP contribution in [0.4, 0.5) is 5.69 Å². The molecule has 0 saturated heterocycles. The molecule has 0 aromatic heterocycles. The van der Waals surface area contributed by atoms with Gasteiger partial charge in [0, 0.05) is 20.3 Å². The van der Waals surface area contributed by atoms with E-state index in [1.54, 1.807) is 0 Å². The first kappa shape index (κ1) is 16.3. The molecule has 4 heteroatoms. The van der Waals surface area contributed by atoms with Crippen molar-refractivity contribution >= 4 is 53.5 Å². The molecule has 1 aromatic carbocycles. The second kappa shape index (κ2) is 7.33. The van der Waals surface area contributed by atoms with Crippen LogP contribution < -0.4 is 4.90 Å². The highest BCUT2D eigenvalue weighted by molar-refractivity contribution is 9.12. The number of rotatable bonds is 3. The molecule has 1 unspecified atom stereocenters. The molecule has 2 aliphatic rings. The highest BCUT2D eigenvalue weighted by Gasteiger charge is 2.22. The van der Waals surface area contributed by atoms with Crippen molar-refractivity contribution in [2.45, 2.75) is 25.3 Å². The van der Waals surface area contributed by atoms with Gasteiger partial charge in [0.25, 0.3) is 0 Å². The van der Waals surface area contributed by atoms with E-state index in [-0.39, 0.29) is 0 Å². The number of nitrogens with zero attached hydrogens (tertiary/aromatic N) is 1. The largest absolute Gasteiger partial charge is 0.338 e. The molecule has 22 heavy (non-hydrogen) atoms. The molecule has 2 aliphatic carbocycles. The van der Waals surface area contributed by atoms with Gasteiger partial charge in [-0.25, -0.2) is 0 Å². The molecule has 1 atom stereocenters. The molecule has 0 radical (unpaired) electrons. The zero-order chi connectivity index (χ0) is 15.5. The van der Waals surface area contributed by atoms with Crippen LogP contribution >= 0.6 is 47.8 Å². The highest BCUT2D eigenvalue weighted by Crippen LogP contribution is 2.33. The van der Waals surface area contributed by atoms with Crippen LogP contribution in [0.5, 0.6) is 0 Å². The van der Waals surface area contributed by atoms with Crippen LogP contribution in [-0.2, 0) is 0 Å². The first-order chi connectivity index (χ1) is 10.6. The fraction of sp³-hybridized carbons (Fsp3) is 0.222. The maximum Gasteiger partial charge on any atom is 0.0557 e. The smallest absolute Gasteiger partial charge is 0.0557 e. The van der Waals surface area contributed by atoms with Crippen molar-refractivity contribution in [1.82, 2.24) is 0 Å². The van der Waals surface area contributed by atoms with Crippen molar-refractivity contribution in [1.29, 1.82) is 0 Å². The molecule has 0 N–H and O–H groups in total. The Hall–Kier alpha value is -0.580. The van der Waals surface area contributed by atoms with Crippen molar-refractivity contribution in [3.05, 3.63) is 73.8 Å². The molecular formula is C18H16Br3N. The van der Waals surface area contributed by atoms with Crippen molar-refractivity contribution in [3.8, 4) is 0 Å². The molecule has 0 spiro atoms. The lowest BCUT2D eigenvalue weighted by molar-refractivity contribution is 0.719. The molecule has 0 heterocycles. The van der Waals surface area contributed by atoms with E-state index in [9.17, 15) is 0 Å². The maximum absolute atomic E-state index is 3.60. The van der Waals surface area contributed by atoms with E-state index >= 15 is 0 Å².